The minimum absolute atomic E-state index is 0.00511. The molecule has 3 rings (SSSR count). The number of benzene rings is 2. The van der Waals surface area contributed by atoms with Crippen molar-refractivity contribution in [2.75, 3.05) is 49.5 Å². The SMILES string of the molecule is CCCN1CCN(c2ccc(NC(=O)COc3ccccc3)cc2)CC1. The monoisotopic (exact) mass is 353 g/mol. The van der Waals surface area contributed by atoms with Crippen molar-refractivity contribution < 1.29 is 9.53 Å². The van der Waals surface area contributed by atoms with Crippen molar-refractivity contribution in [2.45, 2.75) is 13.3 Å². The number of anilines is 2. The summed E-state index contributed by atoms with van der Waals surface area (Å²) < 4.78 is 5.46. The van der Waals surface area contributed by atoms with Crippen molar-refractivity contribution in [3.63, 3.8) is 0 Å². The van der Waals surface area contributed by atoms with Gasteiger partial charge < -0.3 is 15.0 Å². The Morgan fingerprint density at radius 1 is 1.00 bits per heavy atom. The van der Waals surface area contributed by atoms with E-state index in [-0.39, 0.29) is 12.5 Å². The molecule has 1 aliphatic heterocycles. The van der Waals surface area contributed by atoms with Crippen LogP contribution in [0.4, 0.5) is 11.4 Å². The molecule has 5 heteroatoms. The van der Waals surface area contributed by atoms with Gasteiger partial charge in [0.05, 0.1) is 0 Å². The van der Waals surface area contributed by atoms with Gasteiger partial charge in [-0.05, 0) is 49.4 Å². The summed E-state index contributed by atoms with van der Waals surface area (Å²) in [6.45, 7) is 7.75. The number of hydrogen-bond donors (Lipinski definition) is 1. The van der Waals surface area contributed by atoms with Crippen LogP contribution in [-0.4, -0.2) is 50.1 Å². The molecule has 2 aromatic rings. The Kier molecular flexibility index (Phi) is 6.50. The average molecular weight is 353 g/mol. The van der Waals surface area contributed by atoms with Crippen LogP contribution in [0.3, 0.4) is 0 Å². The number of nitrogens with zero attached hydrogens (tertiary/aromatic N) is 2. The molecule has 138 valence electrons. The lowest BCUT2D eigenvalue weighted by atomic mass is 10.2. The fourth-order valence-electron chi connectivity index (χ4n) is 3.16. The van der Waals surface area contributed by atoms with E-state index in [2.05, 4.69) is 34.2 Å². The van der Waals surface area contributed by atoms with Crippen LogP contribution in [0, 0.1) is 0 Å². The highest BCUT2D eigenvalue weighted by atomic mass is 16.5. The first kappa shape index (κ1) is 18.3. The van der Waals surface area contributed by atoms with Gasteiger partial charge in [0.2, 0.25) is 0 Å². The molecule has 1 saturated heterocycles. The van der Waals surface area contributed by atoms with E-state index >= 15 is 0 Å². The number of amides is 1. The molecule has 0 atom stereocenters. The second-order valence-electron chi connectivity index (χ2n) is 6.53. The predicted octanol–water partition coefficient (Wildman–Crippen LogP) is 3.24. The zero-order valence-electron chi connectivity index (χ0n) is 15.4. The van der Waals surface area contributed by atoms with E-state index in [1.54, 1.807) is 0 Å². The summed E-state index contributed by atoms with van der Waals surface area (Å²) in [5.74, 6) is 0.537. The van der Waals surface area contributed by atoms with Gasteiger partial charge in [-0.25, -0.2) is 0 Å². The maximum Gasteiger partial charge on any atom is 0.262 e. The van der Waals surface area contributed by atoms with E-state index in [0.29, 0.717) is 5.75 Å². The summed E-state index contributed by atoms with van der Waals surface area (Å²) in [5.41, 5.74) is 2.00. The topological polar surface area (TPSA) is 44.8 Å². The first-order valence-corrected chi connectivity index (χ1v) is 9.29. The summed E-state index contributed by atoms with van der Waals surface area (Å²) in [7, 11) is 0. The fourth-order valence-corrected chi connectivity index (χ4v) is 3.16. The molecule has 0 bridgehead atoms. The Balaban J connectivity index is 1.46. The highest BCUT2D eigenvalue weighted by Gasteiger charge is 2.16. The molecular formula is C21H27N3O2. The molecule has 1 fully saturated rings. The van der Waals surface area contributed by atoms with Gasteiger partial charge >= 0.3 is 0 Å². The standard InChI is InChI=1S/C21H27N3O2/c1-2-12-23-13-15-24(16-14-23)19-10-8-18(9-11-19)22-21(25)17-26-20-6-4-3-5-7-20/h3-11H,2,12-17H2,1H3,(H,22,25). The highest BCUT2D eigenvalue weighted by molar-refractivity contribution is 5.92. The quantitative estimate of drug-likeness (QED) is 0.830. The average Bonchev–Trinajstić information content (AvgIpc) is 2.69. The summed E-state index contributed by atoms with van der Waals surface area (Å²) in [6.07, 6.45) is 1.21. The van der Waals surface area contributed by atoms with Crippen molar-refractivity contribution >= 4 is 17.3 Å². The van der Waals surface area contributed by atoms with Crippen LogP contribution in [0.25, 0.3) is 0 Å². The van der Waals surface area contributed by atoms with Crippen LogP contribution >= 0.6 is 0 Å². The lowest BCUT2D eigenvalue weighted by Crippen LogP contribution is -2.46. The lowest BCUT2D eigenvalue weighted by molar-refractivity contribution is -0.118. The largest absolute Gasteiger partial charge is 0.484 e. The Hall–Kier alpha value is -2.53. The molecule has 0 saturated carbocycles. The number of hydrogen-bond acceptors (Lipinski definition) is 4. The highest BCUT2D eigenvalue weighted by Crippen LogP contribution is 2.19. The minimum Gasteiger partial charge on any atom is -0.484 e. The van der Waals surface area contributed by atoms with Crippen LogP contribution < -0.4 is 15.0 Å². The summed E-state index contributed by atoms with van der Waals surface area (Å²) in [6, 6.07) is 17.4. The van der Waals surface area contributed by atoms with Crippen LogP contribution in [0.5, 0.6) is 5.75 Å². The van der Waals surface area contributed by atoms with Crippen LogP contribution in [0.2, 0.25) is 0 Å². The van der Waals surface area contributed by atoms with Crippen LogP contribution in [0.1, 0.15) is 13.3 Å². The molecule has 0 aromatic heterocycles. The van der Waals surface area contributed by atoms with Crippen molar-refractivity contribution in [1.29, 1.82) is 0 Å². The molecule has 0 aliphatic carbocycles. The number of rotatable bonds is 7. The molecule has 1 aliphatic rings. The number of carbonyl (C=O) groups is 1. The van der Waals surface area contributed by atoms with Gasteiger partial charge in [-0.2, -0.15) is 0 Å². The second kappa shape index (κ2) is 9.25. The number of ether oxygens (including phenoxy) is 1. The maximum absolute atomic E-state index is 12.0. The first-order valence-electron chi connectivity index (χ1n) is 9.29. The molecule has 0 spiro atoms. The van der Waals surface area contributed by atoms with Crippen LogP contribution in [-0.2, 0) is 4.79 Å². The molecule has 26 heavy (non-hydrogen) atoms. The van der Waals surface area contributed by atoms with Crippen molar-refractivity contribution in [3.05, 3.63) is 54.6 Å². The Bertz CT molecular complexity index is 680. The number of para-hydroxylation sites is 1. The fraction of sp³-hybridized carbons (Fsp3) is 0.381. The van der Waals surface area contributed by atoms with E-state index in [0.717, 1.165) is 31.9 Å². The predicted molar refractivity (Wildman–Crippen MR) is 106 cm³/mol. The third-order valence-corrected chi connectivity index (χ3v) is 4.54. The molecule has 0 unspecified atom stereocenters. The van der Waals surface area contributed by atoms with Gasteiger partial charge in [0.1, 0.15) is 5.75 Å². The smallest absolute Gasteiger partial charge is 0.262 e. The Morgan fingerprint density at radius 2 is 1.69 bits per heavy atom. The molecular weight excluding hydrogens is 326 g/mol. The number of piperazine rings is 1. The van der Waals surface area contributed by atoms with E-state index < -0.39 is 0 Å². The van der Waals surface area contributed by atoms with Gasteiger partial charge in [0.25, 0.3) is 5.91 Å². The molecule has 1 heterocycles. The van der Waals surface area contributed by atoms with Crippen molar-refractivity contribution in [2.24, 2.45) is 0 Å². The third-order valence-electron chi connectivity index (χ3n) is 4.54. The molecule has 2 aromatic carbocycles. The van der Waals surface area contributed by atoms with Gasteiger partial charge in [-0.3, -0.25) is 9.69 Å². The molecule has 0 radical (unpaired) electrons. The Labute approximate surface area is 155 Å². The molecule has 5 nitrogen and oxygen atoms in total. The number of nitrogens with one attached hydrogen (secondary N) is 1. The van der Waals surface area contributed by atoms with E-state index in [4.69, 9.17) is 4.74 Å². The van der Waals surface area contributed by atoms with Gasteiger partial charge in [0.15, 0.2) is 6.61 Å². The summed E-state index contributed by atoms with van der Waals surface area (Å²) in [5, 5.41) is 2.88. The first-order chi connectivity index (χ1) is 12.7. The lowest BCUT2D eigenvalue weighted by Gasteiger charge is -2.36. The van der Waals surface area contributed by atoms with Crippen LogP contribution in [0.15, 0.2) is 54.6 Å². The molecule has 1 amide bonds. The van der Waals surface area contributed by atoms with Gasteiger partial charge in [0, 0.05) is 37.6 Å². The van der Waals surface area contributed by atoms with Gasteiger partial charge in [-0.1, -0.05) is 25.1 Å². The zero-order valence-corrected chi connectivity index (χ0v) is 15.4. The van der Waals surface area contributed by atoms with E-state index in [1.165, 1.54) is 18.7 Å². The minimum atomic E-state index is -0.158. The van der Waals surface area contributed by atoms with E-state index in [1.807, 2.05) is 42.5 Å². The third kappa shape index (κ3) is 5.23. The zero-order chi connectivity index (χ0) is 18.2. The maximum atomic E-state index is 12.0. The molecule has 1 N–H and O–H groups in total. The Morgan fingerprint density at radius 3 is 2.35 bits per heavy atom. The normalized spacial score (nSPS) is 14.9. The number of carbonyl (C=O) groups excluding carboxylic acids is 1. The van der Waals surface area contributed by atoms with Gasteiger partial charge in [-0.15, -0.1) is 0 Å². The second-order valence-corrected chi connectivity index (χ2v) is 6.53. The van der Waals surface area contributed by atoms with Crippen molar-refractivity contribution in [1.82, 2.24) is 4.90 Å². The van der Waals surface area contributed by atoms with Crippen molar-refractivity contribution in [3.8, 4) is 5.75 Å². The van der Waals surface area contributed by atoms with E-state index in [9.17, 15) is 4.79 Å². The summed E-state index contributed by atoms with van der Waals surface area (Å²) >= 11 is 0. The summed E-state index contributed by atoms with van der Waals surface area (Å²) in [4.78, 5) is 16.9.